The van der Waals surface area contributed by atoms with Crippen LogP contribution in [-0.2, 0) is 6.18 Å². The molecule has 0 aliphatic rings. The summed E-state index contributed by atoms with van der Waals surface area (Å²) in [5, 5.41) is 0. The van der Waals surface area contributed by atoms with Crippen LogP contribution in [0.3, 0.4) is 0 Å². The molecule has 1 rings (SSSR count). The molecular formula is C9H8F5NO. The fourth-order valence-electron chi connectivity index (χ4n) is 1.28. The van der Waals surface area contributed by atoms with Crippen molar-refractivity contribution < 1.29 is 26.7 Å². The fraction of sp³-hybridized carbons (Fsp3) is 0.444. The van der Waals surface area contributed by atoms with Gasteiger partial charge in [0, 0.05) is 6.07 Å². The van der Waals surface area contributed by atoms with Gasteiger partial charge in [0.1, 0.15) is 17.0 Å². The van der Waals surface area contributed by atoms with Gasteiger partial charge in [-0.05, 0) is 6.92 Å². The van der Waals surface area contributed by atoms with Crippen molar-refractivity contribution in [2.75, 3.05) is 7.11 Å². The third-order valence-corrected chi connectivity index (χ3v) is 1.91. The summed E-state index contributed by atoms with van der Waals surface area (Å²) in [5.74, 6) is -0.643. The molecule has 0 aromatic carbocycles. The molecule has 0 unspecified atom stereocenters. The largest absolute Gasteiger partial charge is 0.496 e. The lowest BCUT2D eigenvalue weighted by Crippen LogP contribution is -2.12. The van der Waals surface area contributed by atoms with Gasteiger partial charge >= 0.3 is 6.18 Å². The van der Waals surface area contributed by atoms with Crippen LogP contribution in [-0.4, -0.2) is 12.1 Å². The summed E-state index contributed by atoms with van der Waals surface area (Å²) in [6.07, 6.45) is -7.61. The second-order valence-corrected chi connectivity index (χ2v) is 3.01. The quantitative estimate of drug-likeness (QED) is 0.740. The van der Waals surface area contributed by atoms with Crippen LogP contribution in [0.4, 0.5) is 22.0 Å². The summed E-state index contributed by atoms with van der Waals surface area (Å²) in [6.45, 7) is 1.01. The maximum atomic E-state index is 12.5. The number of hydrogen-bond donors (Lipinski definition) is 0. The number of ether oxygens (including phenoxy) is 1. The minimum Gasteiger partial charge on any atom is -0.496 e. The van der Waals surface area contributed by atoms with Crippen LogP contribution in [0.5, 0.6) is 5.75 Å². The molecule has 1 aromatic heterocycles. The van der Waals surface area contributed by atoms with E-state index in [-0.39, 0.29) is 0 Å². The van der Waals surface area contributed by atoms with E-state index in [0.717, 1.165) is 14.0 Å². The number of rotatable bonds is 2. The molecule has 1 aromatic rings. The monoisotopic (exact) mass is 241 g/mol. The van der Waals surface area contributed by atoms with Crippen LogP contribution in [0.25, 0.3) is 0 Å². The van der Waals surface area contributed by atoms with Crippen molar-refractivity contribution in [1.29, 1.82) is 0 Å². The van der Waals surface area contributed by atoms with Crippen molar-refractivity contribution >= 4 is 0 Å². The molecular weight excluding hydrogens is 233 g/mol. The summed E-state index contributed by atoms with van der Waals surface area (Å²) < 4.78 is 66.6. The number of alkyl halides is 5. The van der Waals surface area contributed by atoms with Gasteiger partial charge < -0.3 is 4.74 Å². The molecule has 7 heteroatoms. The van der Waals surface area contributed by atoms with Crippen molar-refractivity contribution in [3.05, 3.63) is 23.0 Å². The molecule has 2 nitrogen and oxygen atoms in total. The first-order chi connectivity index (χ1) is 7.27. The van der Waals surface area contributed by atoms with E-state index in [2.05, 4.69) is 9.72 Å². The lowest BCUT2D eigenvalue weighted by molar-refractivity contribution is -0.139. The van der Waals surface area contributed by atoms with E-state index >= 15 is 0 Å². The van der Waals surface area contributed by atoms with Crippen LogP contribution >= 0.6 is 0 Å². The predicted octanol–water partition coefficient (Wildman–Crippen LogP) is 3.36. The zero-order valence-electron chi connectivity index (χ0n) is 8.40. The first-order valence-electron chi connectivity index (χ1n) is 4.18. The van der Waals surface area contributed by atoms with Gasteiger partial charge in [0.05, 0.1) is 12.8 Å². The van der Waals surface area contributed by atoms with Crippen molar-refractivity contribution in [3.63, 3.8) is 0 Å². The first kappa shape index (κ1) is 12.7. The molecule has 90 valence electrons. The lowest BCUT2D eigenvalue weighted by atomic mass is 10.1. The highest BCUT2D eigenvalue weighted by atomic mass is 19.4. The Morgan fingerprint density at radius 2 is 1.88 bits per heavy atom. The van der Waals surface area contributed by atoms with Gasteiger partial charge in [-0.1, -0.05) is 0 Å². The number of nitrogens with zero attached hydrogens (tertiary/aromatic N) is 1. The maximum absolute atomic E-state index is 12.5. The Kier molecular flexibility index (Phi) is 3.35. The van der Waals surface area contributed by atoms with Gasteiger partial charge in [0.15, 0.2) is 0 Å². The van der Waals surface area contributed by atoms with Gasteiger partial charge in [-0.2, -0.15) is 13.2 Å². The number of pyridine rings is 1. The van der Waals surface area contributed by atoms with Gasteiger partial charge in [-0.3, -0.25) is 4.98 Å². The Balaban J connectivity index is 3.41. The molecule has 0 aliphatic heterocycles. The molecule has 0 atom stereocenters. The van der Waals surface area contributed by atoms with Crippen molar-refractivity contribution in [2.45, 2.75) is 19.5 Å². The molecule has 0 N–H and O–H groups in total. The highest BCUT2D eigenvalue weighted by Crippen LogP contribution is 2.39. The lowest BCUT2D eigenvalue weighted by Gasteiger charge is -2.15. The van der Waals surface area contributed by atoms with Crippen LogP contribution in [0.2, 0.25) is 0 Å². The summed E-state index contributed by atoms with van der Waals surface area (Å²) in [5.41, 5.74) is -2.39. The standard InChI is InChI=1S/C9H8F5NO/c1-4-7(9(12,13)14)6(16-2)3-5(15-4)8(10)11/h3,8H,1-2H3. The zero-order chi connectivity index (χ0) is 12.5. The van der Waals surface area contributed by atoms with E-state index in [1.165, 1.54) is 0 Å². The Labute approximate surface area is 88.1 Å². The molecule has 0 saturated carbocycles. The van der Waals surface area contributed by atoms with Crippen molar-refractivity contribution in [3.8, 4) is 5.75 Å². The molecule has 16 heavy (non-hydrogen) atoms. The highest BCUT2D eigenvalue weighted by molar-refractivity contribution is 5.40. The molecule has 0 amide bonds. The second-order valence-electron chi connectivity index (χ2n) is 3.01. The highest BCUT2D eigenvalue weighted by Gasteiger charge is 2.37. The zero-order valence-corrected chi connectivity index (χ0v) is 8.40. The van der Waals surface area contributed by atoms with Gasteiger partial charge in [0.2, 0.25) is 0 Å². The molecule has 0 fully saturated rings. The normalized spacial score (nSPS) is 12.0. The van der Waals surface area contributed by atoms with Gasteiger partial charge in [-0.25, -0.2) is 8.78 Å². The molecule has 0 aliphatic carbocycles. The van der Waals surface area contributed by atoms with E-state index in [4.69, 9.17) is 0 Å². The smallest absolute Gasteiger partial charge is 0.421 e. The fourth-order valence-corrected chi connectivity index (χ4v) is 1.28. The summed E-state index contributed by atoms with van der Waals surface area (Å²) in [6, 6.07) is 0.598. The van der Waals surface area contributed by atoms with E-state index < -0.39 is 35.3 Å². The van der Waals surface area contributed by atoms with Crippen molar-refractivity contribution in [2.24, 2.45) is 0 Å². The number of aromatic nitrogens is 1. The Morgan fingerprint density at radius 1 is 1.31 bits per heavy atom. The van der Waals surface area contributed by atoms with Crippen LogP contribution in [0.15, 0.2) is 6.07 Å². The predicted molar refractivity (Wildman–Crippen MR) is 45.5 cm³/mol. The van der Waals surface area contributed by atoms with Gasteiger partial charge in [-0.15, -0.1) is 0 Å². The topological polar surface area (TPSA) is 22.1 Å². The summed E-state index contributed by atoms with van der Waals surface area (Å²) >= 11 is 0. The SMILES string of the molecule is COc1cc(C(F)F)nc(C)c1C(F)(F)F. The number of hydrogen-bond acceptors (Lipinski definition) is 2. The summed E-state index contributed by atoms with van der Waals surface area (Å²) in [4.78, 5) is 3.20. The Morgan fingerprint density at radius 3 is 2.25 bits per heavy atom. The van der Waals surface area contributed by atoms with E-state index in [0.29, 0.717) is 6.07 Å². The van der Waals surface area contributed by atoms with Crippen molar-refractivity contribution in [1.82, 2.24) is 4.98 Å². The third-order valence-electron chi connectivity index (χ3n) is 1.91. The van der Waals surface area contributed by atoms with E-state index in [9.17, 15) is 22.0 Å². The average molecular weight is 241 g/mol. The van der Waals surface area contributed by atoms with Gasteiger partial charge in [0.25, 0.3) is 6.43 Å². The molecule has 0 radical (unpaired) electrons. The van der Waals surface area contributed by atoms with E-state index in [1.807, 2.05) is 0 Å². The Hall–Kier alpha value is -1.40. The van der Waals surface area contributed by atoms with E-state index in [1.54, 1.807) is 0 Å². The third kappa shape index (κ3) is 2.40. The first-order valence-corrected chi connectivity index (χ1v) is 4.18. The minimum absolute atomic E-state index is 0.526. The van der Waals surface area contributed by atoms with Crippen LogP contribution in [0, 0.1) is 6.92 Å². The number of aryl methyl sites for hydroxylation is 1. The molecule has 0 spiro atoms. The minimum atomic E-state index is -4.68. The Bertz CT molecular complexity index is 388. The maximum Gasteiger partial charge on any atom is 0.421 e. The molecule has 0 saturated heterocycles. The number of halogens is 5. The summed E-state index contributed by atoms with van der Waals surface area (Å²) in [7, 11) is 0.985. The number of methoxy groups -OCH3 is 1. The van der Waals surface area contributed by atoms with Crippen LogP contribution in [0.1, 0.15) is 23.4 Å². The molecule has 0 bridgehead atoms. The molecule has 1 heterocycles. The van der Waals surface area contributed by atoms with Crippen LogP contribution < -0.4 is 4.74 Å². The second kappa shape index (κ2) is 4.23. The average Bonchev–Trinajstić information content (AvgIpc) is 2.14.